The Kier molecular flexibility index (Phi) is 26.5. The first-order valence-electron chi connectivity index (χ1n) is 17.0. The zero-order valence-electron chi connectivity index (χ0n) is 28.6. The summed E-state index contributed by atoms with van der Waals surface area (Å²) in [5.74, 6) is -1.56. The summed E-state index contributed by atoms with van der Waals surface area (Å²) in [6, 6.07) is -0.618. The number of likely N-dealkylation sites (N-methyl/N-ethyl adjacent to an activating group) is 1. The molecular weight excluding hydrogens is 558 g/mol. The van der Waals surface area contributed by atoms with Crippen molar-refractivity contribution in [3.05, 3.63) is 36.5 Å². The van der Waals surface area contributed by atoms with Crippen LogP contribution in [-0.2, 0) is 28.6 Å². The predicted octanol–water partition coefficient (Wildman–Crippen LogP) is 7.96. The fourth-order valence-corrected chi connectivity index (χ4v) is 4.61. The number of unbranched alkanes of at least 4 members (excludes halogenated alkanes) is 9. The lowest BCUT2D eigenvalue weighted by atomic mass is 10.1. The van der Waals surface area contributed by atoms with Gasteiger partial charge in [-0.2, -0.15) is 0 Å². The van der Waals surface area contributed by atoms with Crippen molar-refractivity contribution in [1.82, 2.24) is 0 Å². The molecule has 0 aliphatic rings. The molecule has 0 saturated carbocycles. The van der Waals surface area contributed by atoms with Crippen LogP contribution in [0.5, 0.6) is 0 Å². The summed E-state index contributed by atoms with van der Waals surface area (Å²) >= 11 is 0. The quantitative estimate of drug-likeness (QED) is 0.0391. The normalized spacial score (nSPS) is 13.6. The number of hydrogen-bond donors (Lipinski definition) is 1. The second-order valence-electron chi connectivity index (χ2n) is 12.4. The van der Waals surface area contributed by atoms with E-state index in [4.69, 9.17) is 14.2 Å². The van der Waals surface area contributed by atoms with Gasteiger partial charge in [0, 0.05) is 19.3 Å². The Morgan fingerprint density at radius 3 is 1.98 bits per heavy atom. The van der Waals surface area contributed by atoms with Crippen LogP contribution in [0.4, 0.5) is 0 Å². The monoisotopic (exact) mass is 622 g/mol. The first kappa shape index (κ1) is 41.5. The van der Waals surface area contributed by atoms with Gasteiger partial charge < -0.3 is 23.8 Å². The minimum atomic E-state index is -0.885. The van der Waals surface area contributed by atoms with E-state index in [0.717, 1.165) is 57.8 Å². The smallest absolute Gasteiger partial charge is 0.362 e. The van der Waals surface area contributed by atoms with E-state index in [1.54, 1.807) is 0 Å². The molecule has 0 aromatic heterocycles. The van der Waals surface area contributed by atoms with E-state index in [1.807, 2.05) is 27.2 Å². The van der Waals surface area contributed by atoms with Crippen molar-refractivity contribution in [2.24, 2.45) is 0 Å². The number of esters is 2. The summed E-state index contributed by atoms with van der Waals surface area (Å²) in [6.45, 7) is 4.49. The molecular formula is C36H64NO7+. The molecule has 0 aromatic rings. The number of aliphatic carboxylic acids is 1. The van der Waals surface area contributed by atoms with Crippen molar-refractivity contribution >= 4 is 17.9 Å². The van der Waals surface area contributed by atoms with Gasteiger partial charge in [0.05, 0.1) is 34.4 Å². The molecule has 1 N–H and O–H groups in total. The lowest BCUT2D eigenvalue weighted by molar-refractivity contribution is -0.887. The molecule has 0 rings (SSSR count). The van der Waals surface area contributed by atoms with Crippen LogP contribution in [0.25, 0.3) is 0 Å². The van der Waals surface area contributed by atoms with Gasteiger partial charge in [-0.1, -0.05) is 88.8 Å². The van der Waals surface area contributed by atoms with Gasteiger partial charge in [-0.05, 0) is 51.4 Å². The van der Waals surface area contributed by atoms with Crippen LogP contribution in [-0.4, -0.2) is 80.6 Å². The van der Waals surface area contributed by atoms with E-state index in [2.05, 4.69) is 44.2 Å². The van der Waals surface area contributed by atoms with Crippen LogP contribution >= 0.6 is 0 Å². The molecule has 2 atom stereocenters. The third-order valence-electron chi connectivity index (χ3n) is 7.29. The van der Waals surface area contributed by atoms with Gasteiger partial charge in [0.1, 0.15) is 6.61 Å². The number of allylic oxidation sites excluding steroid dienone is 6. The van der Waals surface area contributed by atoms with Gasteiger partial charge >= 0.3 is 17.9 Å². The fourth-order valence-electron chi connectivity index (χ4n) is 4.61. The average molecular weight is 623 g/mol. The Bertz CT molecular complexity index is 829. The first-order chi connectivity index (χ1) is 21.1. The molecule has 0 aliphatic carbocycles. The number of hydrogen-bond acceptors (Lipinski definition) is 6. The predicted molar refractivity (Wildman–Crippen MR) is 178 cm³/mol. The van der Waals surface area contributed by atoms with Crippen molar-refractivity contribution in [1.29, 1.82) is 0 Å². The largest absolute Gasteiger partial charge is 0.477 e. The Labute approximate surface area is 268 Å². The molecule has 0 radical (unpaired) electrons. The highest BCUT2D eigenvalue weighted by Crippen LogP contribution is 2.12. The molecule has 0 aromatic carbocycles. The fraction of sp³-hybridized carbons (Fsp3) is 0.750. The molecule has 0 aliphatic heterocycles. The van der Waals surface area contributed by atoms with Gasteiger partial charge in [-0.15, -0.1) is 0 Å². The van der Waals surface area contributed by atoms with Crippen LogP contribution < -0.4 is 0 Å². The lowest BCUT2D eigenvalue weighted by Crippen LogP contribution is -2.50. The van der Waals surface area contributed by atoms with Gasteiger partial charge in [0.15, 0.2) is 12.1 Å². The zero-order valence-corrected chi connectivity index (χ0v) is 28.6. The van der Waals surface area contributed by atoms with Crippen LogP contribution in [0.2, 0.25) is 0 Å². The Balaban J connectivity index is 4.54. The van der Waals surface area contributed by atoms with Crippen LogP contribution in [0.15, 0.2) is 36.5 Å². The Morgan fingerprint density at radius 1 is 0.705 bits per heavy atom. The molecule has 0 fully saturated rings. The minimum Gasteiger partial charge on any atom is -0.477 e. The van der Waals surface area contributed by atoms with E-state index in [-0.39, 0.29) is 42.7 Å². The second-order valence-corrected chi connectivity index (χ2v) is 12.4. The number of carbonyl (C=O) groups excluding carboxylic acids is 2. The lowest BCUT2D eigenvalue weighted by Gasteiger charge is -2.31. The highest BCUT2D eigenvalue weighted by molar-refractivity contribution is 5.72. The molecule has 8 heteroatoms. The number of nitrogens with zero attached hydrogens (tertiary/aromatic N) is 1. The maximum Gasteiger partial charge on any atom is 0.362 e. The molecule has 0 amide bonds. The third kappa shape index (κ3) is 26.0. The first-order valence-corrected chi connectivity index (χ1v) is 17.0. The van der Waals surface area contributed by atoms with Crippen molar-refractivity contribution in [2.45, 2.75) is 135 Å². The standard InChI is InChI=1S/C36H63NO7/c1-6-8-10-12-14-16-17-18-19-21-23-25-27-35(39)44-32(30-42-29-28-33(36(40)41)37(3,4)5)31-43-34(38)26-24-22-20-15-13-11-9-7-2/h8,10,14,16,20,22,32-33H,6-7,9,11-13,15,17-19,21,23-31H2,1-5H3/p+1/b10-8+,16-14+,22-20+. The van der Waals surface area contributed by atoms with Crippen molar-refractivity contribution in [3.63, 3.8) is 0 Å². The van der Waals surface area contributed by atoms with E-state index >= 15 is 0 Å². The summed E-state index contributed by atoms with van der Waals surface area (Å²) in [6.07, 6.45) is 27.8. The minimum absolute atomic E-state index is 0.0436. The third-order valence-corrected chi connectivity index (χ3v) is 7.29. The molecule has 44 heavy (non-hydrogen) atoms. The number of carboxylic acid groups (broad SMARTS) is 1. The number of carbonyl (C=O) groups is 3. The number of rotatable bonds is 29. The summed E-state index contributed by atoms with van der Waals surface area (Å²) in [5.41, 5.74) is 0. The highest BCUT2D eigenvalue weighted by Gasteiger charge is 2.31. The maximum atomic E-state index is 12.6. The van der Waals surface area contributed by atoms with Gasteiger partial charge in [0.2, 0.25) is 0 Å². The molecule has 254 valence electrons. The summed E-state index contributed by atoms with van der Waals surface area (Å²) in [4.78, 5) is 36.5. The SMILES string of the molecule is CC/C=C/C/C=C/CCCCCCCC(=O)OC(COCCC(C(=O)O)[N+](C)(C)C)COC(=O)CC/C=C/CCCCCC. The average Bonchev–Trinajstić information content (AvgIpc) is 2.96. The summed E-state index contributed by atoms with van der Waals surface area (Å²) in [5, 5.41) is 9.54. The van der Waals surface area contributed by atoms with Gasteiger partial charge in [-0.25, -0.2) is 4.79 Å². The van der Waals surface area contributed by atoms with E-state index < -0.39 is 18.1 Å². The van der Waals surface area contributed by atoms with Crippen molar-refractivity contribution in [2.75, 3.05) is 41.0 Å². The van der Waals surface area contributed by atoms with E-state index in [0.29, 0.717) is 19.3 Å². The van der Waals surface area contributed by atoms with E-state index in [1.165, 1.54) is 25.7 Å². The molecule has 0 heterocycles. The molecule has 8 nitrogen and oxygen atoms in total. The Morgan fingerprint density at radius 2 is 1.32 bits per heavy atom. The second kappa shape index (κ2) is 28.1. The summed E-state index contributed by atoms with van der Waals surface area (Å²) < 4.78 is 17.0. The van der Waals surface area contributed by atoms with Gasteiger partial charge in [-0.3, -0.25) is 9.59 Å². The topological polar surface area (TPSA) is 99.1 Å². The van der Waals surface area contributed by atoms with E-state index in [9.17, 15) is 19.5 Å². The van der Waals surface area contributed by atoms with Crippen LogP contribution in [0.1, 0.15) is 123 Å². The van der Waals surface area contributed by atoms with Crippen LogP contribution in [0, 0.1) is 0 Å². The van der Waals surface area contributed by atoms with Crippen molar-refractivity contribution in [3.8, 4) is 0 Å². The van der Waals surface area contributed by atoms with Crippen LogP contribution in [0.3, 0.4) is 0 Å². The molecule has 0 spiro atoms. The zero-order chi connectivity index (χ0) is 32.9. The number of carboxylic acids is 1. The number of ether oxygens (including phenoxy) is 3. The van der Waals surface area contributed by atoms with Crippen molar-refractivity contribution < 1.29 is 38.2 Å². The maximum absolute atomic E-state index is 12.6. The Hall–Kier alpha value is -2.45. The number of quaternary nitrogens is 1. The summed E-state index contributed by atoms with van der Waals surface area (Å²) in [7, 11) is 5.48. The molecule has 0 saturated heterocycles. The molecule has 0 bridgehead atoms. The van der Waals surface area contributed by atoms with Gasteiger partial charge in [0.25, 0.3) is 0 Å². The highest BCUT2D eigenvalue weighted by atomic mass is 16.6. The molecule has 2 unspecified atom stereocenters.